The van der Waals surface area contributed by atoms with E-state index in [1.165, 1.54) is 0 Å². The molecule has 0 saturated carbocycles. The van der Waals surface area contributed by atoms with Gasteiger partial charge < -0.3 is 4.74 Å². The molecule has 0 N–H and O–H groups in total. The van der Waals surface area contributed by atoms with Crippen molar-refractivity contribution in [2.24, 2.45) is 14.1 Å². The zero-order valence-electron chi connectivity index (χ0n) is 17.9. The second-order valence-corrected chi connectivity index (χ2v) is 7.69. The summed E-state index contributed by atoms with van der Waals surface area (Å²) in [6.07, 6.45) is 0.946. The van der Waals surface area contributed by atoms with Crippen LogP contribution < -0.4 is 9.64 Å². The topological polar surface area (TPSA) is 91.0 Å². The molecular weight excluding hydrogens is 394 g/mol. The highest BCUT2D eigenvalue weighted by Gasteiger charge is 2.43. The fraction of sp³-hybridized carbons (Fsp3) is 0.318. The Balaban J connectivity index is 1.63. The van der Waals surface area contributed by atoms with Gasteiger partial charge in [-0.2, -0.15) is 5.10 Å². The van der Waals surface area contributed by atoms with E-state index in [-0.39, 0.29) is 11.9 Å². The average molecular weight is 417 g/mol. The summed E-state index contributed by atoms with van der Waals surface area (Å²) in [5.74, 6) is 1.18. The monoisotopic (exact) mass is 417 g/mol. The van der Waals surface area contributed by atoms with Crippen molar-refractivity contribution < 1.29 is 9.53 Å². The van der Waals surface area contributed by atoms with Gasteiger partial charge in [-0.25, -0.2) is 9.67 Å². The maximum Gasteiger partial charge on any atom is 0.281 e. The highest BCUT2D eigenvalue weighted by atomic mass is 16.5. The quantitative estimate of drug-likeness (QED) is 0.496. The van der Waals surface area contributed by atoms with Gasteiger partial charge in [-0.15, -0.1) is 5.10 Å². The maximum absolute atomic E-state index is 13.5. The molecule has 5 rings (SSSR count). The second-order valence-electron chi connectivity index (χ2n) is 7.69. The number of ether oxygens (including phenoxy) is 1. The molecule has 1 unspecified atom stereocenters. The van der Waals surface area contributed by atoms with Crippen LogP contribution in [0.5, 0.6) is 5.75 Å². The van der Waals surface area contributed by atoms with Crippen molar-refractivity contribution in [1.82, 2.24) is 29.8 Å². The average Bonchev–Trinajstić information content (AvgIpc) is 3.39. The van der Waals surface area contributed by atoms with Crippen molar-refractivity contribution in [1.29, 1.82) is 0 Å². The third-order valence-electron chi connectivity index (χ3n) is 5.68. The highest BCUT2D eigenvalue weighted by Crippen LogP contribution is 2.42. The van der Waals surface area contributed by atoms with Crippen LogP contribution in [0.2, 0.25) is 0 Å². The summed E-state index contributed by atoms with van der Waals surface area (Å²) < 4.78 is 9.09. The number of pyridine rings is 1. The van der Waals surface area contributed by atoms with Crippen molar-refractivity contribution in [2.45, 2.75) is 26.3 Å². The lowest BCUT2D eigenvalue weighted by Gasteiger charge is -2.25. The number of hydrogen-bond donors (Lipinski definition) is 0. The zero-order valence-corrected chi connectivity index (χ0v) is 17.9. The number of nitrogens with zero attached hydrogens (tertiary/aromatic N) is 7. The van der Waals surface area contributed by atoms with Gasteiger partial charge in [0.05, 0.1) is 12.6 Å². The van der Waals surface area contributed by atoms with Crippen LogP contribution in [0.15, 0.2) is 36.4 Å². The minimum absolute atomic E-state index is 0.169. The van der Waals surface area contributed by atoms with Gasteiger partial charge in [-0.05, 0) is 43.2 Å². The molecule has 0 saturated heterocycles. The summed E-state index contributed by atoms with van der Waals surface area (Å²) in [5.41, 5.74) is 4.58. The summed E-state index contributed by atoms with van der Waals surface area (Å²) in [6, 6.07) is 11.2. The van der Waals surface area contributed by atoms with Crippen LogP contribution in [0.3, 0.4) is 0 Å². The molecule has 9 heteroatoms. The fourth-order valence-corrected chi connectivity index (χ4v) is 4.03. The van der Waals surface area contributed by atoms with Crippen LogP contribution in [0.25, 0.3) is 11.2 Å². The maximum atomic E-state index is 13.5. The third kappa shape index (κ3) is 2.96. The molecule has 3 aromatic heterocycles. The van der Waals surface area contributed by atoms with E-state index >= 15 is 0 Å². The molecule has 0 aliphatic carbocycles. The molecular formula is C22H23N7O2. The molecule has 1 aliphatic rings. The molecule has 0 radical (unpaired) electrons. The Kier molecular flexibility index (Phi) is 4.46. The summed E-state index contributed by atoms with van der Waals surface area (Å²) >= 11 is 0. The van der Waals surface area contributed by atoms with E-state index in [1.54, 1.807) is 21.3 Å². The van der Waals surface area contributed by atoms with Crippen LogP contribution in [0.1, 0.15) is 46.7 Å². The molecule has 1 aromatic carbocycles. The number of hydrogen-bond acceptors (Lipinski definition) is 6. The van der Waals surface area contributed by atoms with Crippen molar-refractivity contribution in [3.05, 3.63) is 58.9 Å². The Morgan fingerprint density at radius 3 is 2.58 bits per heavy atom. The summed E-state index contributed by atoms with van der Waals surface area (Å²) in [7, 11) is 3.64. The number of fused-ring (bicyclic) bond motifs is 2. The number of amides is 1. The van der Waals surface area contributed by atoms with Gasteiger partial charge in [0, 0.05) is 25.4 Å². The van der Waals surface area contributed by atoms with Gasteiger partial charge in [-0.3, -0.25) is 14.4 Å². The van der Waals surface area contributed by atoms with E-state index in [0.29, 0.717) is 29.3 Å². The van der Waals surface area contributed by atoms with E-state index in [9.17, 15) is 4.79 Å². The minimum Gasteiger partial charge on any atom is -0.494 e. The molecule has 4 heterocycles. The van der Waals surface area contributed by atoms with Crippen LogP contribution in [-0.2, 0) is 14.1 Å². The molecule has 31 heavy (non-hydrogen) atoms. The zero-order chi connectivity index (χ0) is 21.7. The summed E-state index contributed by atoms with van der Waals surface area (Å²) in [5, 5.41) is 12.6. The van der Waals surface area contributed by atoms with Gasteiger partial charge in [0.1, 0.15) is 17.1 Å². The van der Waals surface area contributed by atoms with Crippen molar-refractivity contribution in [3.8, 4) is 5.75 Å². The van der Waals surface area contributed by atoms with Gasteiger partial charge in [0.15, 0.2) is 11.3 Å². The molecule has 1 aliphatic heterocycles. The summed E-state index contributed by atoms with van der Waals surface area (Å²) in [4.78, 5) is 19.9. The number of anilines is 1. The lowest BCUT2D eigenvalue weighted by molar-refractivity contribution is 0.0987. The predicted molar refractivity (Wildman–Crippen MR) is 115 cm³/mol. The first-order chi connectivity index (χ1) is 15.0. The Bertz CT molecular complexity index is 1290. The molecule has 4 aromatic rings. The largest absolute Gasteiger partial charge is 0.494 e. The van der Waals surface area contributed by atoms with E-state index in [1.807, 2.05) is 50.4 Å². The Morgan fingerprint density at radius 2 is 1.84 bits per heavy atom. The number of carbonyl (C=O) groups excluding carboxylic acids is 1. The third-order valence-corrected chi connectivity index (χ3v) is 5.68. The first kappa shape index (κ1) is 19.2. The Labute approximate surface area is 179 Å². The second kappa shape index (κ2) is 7.19. The van der Waals surface area contributed by atoms with Crippen LogP contribution in [0, 0.1) is 6.92 Å². The number of aryl methyl sites for hydroxylation is 2. The number of carbonyl (C=O) groups is 1. The molecule has 0 spiro atoms. The standard InChI is InChI=1S/C22H23N7O2/c1-5-12-31-15-8-6-14(7-9-15)20-18-13(2)27(3)25-19(18)22(30)29(20)17-11-10-16-21(23-17)28(4)26-24-16/h6-11,20H,5,12H2,1-4H3. The Hall–Kier alpha value is -3.75. The van der Waals surface area contributed by atoms with E-state index < -0.39 is 0 Å². The normalized spacial score (nSPS) is 15.7. The molecule has 1 amide bonds. The first-order valence-corrected chi connectivity index (χ1v) is 10.3. The number of benzene rings is 1. The van der Waals surface area contributed by atoms with E-state index in [2.05, 4.69) is 22.3 Å². The predicted octanol–water partition coefficient (Wildman–Crippen LogP) is 2.94. The Morgan fingerprint density at radius 1 is 1.06 bits per heavy atom. The smallest absolute Gasteiger partial charge is 0.281 e. The molecule has 158 valence electrons. The van der Waals surface area contributed by atoms with E-state index in [4.69, 9.17) is 9.72 Å². The van der Waals surface area contributed by atoms with Gasteiger partial charge in [-0.1, -0.05) is 24.3 Å². The van der Waals surface area contributed by atoms with Gasteiger partial charge >= 0.3 is 0 Å². The van der Waals surface area contributed by atoms with Crippen LogP contribution >= 0.6 is 0 Å². The lowest BCUT2D eigenvalue weighted by atomic mass is 9.99. The van der Waals surface area contributed by atoms with E-state index in [0.717, 1.165) is 29.0 Å². The minimum atomic E-state index is -0.331. The van der Waals surface area contributed by atoms with Crippen molar-refractivity contribution >= 4 is 22.9 Å². The number of aromatic nitrogens is 6. The molecule has 0 fully saturated rings. The molecule has 9 nitrogen and oxygen atoms in total. The molecule has 0 bridgehead atoms. The van der Waals surface area contributed by atoms with Crippen molar-refractivity contribution in [2.75, 3.05) is 11.5 Å². The van der Waals surface area contributed by atoms with Gasteiger partial charge in [0.25, 0.3) is 5.91 Å². The lowest BCUT2D eigenvalue weighted by Crippen LogP contribution is -2.30. The van der Waals surface area contributed by atoms with Gasteiger partial charge in [0.2, 0.25) is 0 Å². The fourth-order valence-electron chi connectivity index (χ4n) is 4.03. The first-order valence-electron chi connectivity index (χ1n) is 10.3. The number of rotatable bonds is 5. The van der Waals surface area contributed by atoms with Crippen LogP contribution in [0.4, 0.5) is 5.82 Å². The summed E-state index contributed by atoms with van der Waals surface area (Å²) in [6.45, 7) is 4.72. The van der Waals surface area contributed by atoms with Crippen molar-refractivity contribution in [3.63, 3.8) is 0 Å². The highest BCUT2D eigenvalue weighted by molar-refractivity contribution is 6.10. The van der Waals surface area contributed by atoms with Crippen LogP contribution in [-0.4, -0.2) is 42.3 Å². The SMILES string of the molecule is CCCOc1ccc(C2c3c(nn(C)c3C)C(=O)N2c2ccc3nnn(C)c3n2)cc1. The molecule has 1 atom stereocenters.